The highest BCUT2D eigenvalue weighted by molar-refractivity contribution is 5.97. The van der Waals surface area contributed by atoms with Crippen LogP contribution in [-0.2, 0) is 4.79 Å². The van der Waals surface area contributed by atoms with Crippen LogP contribution < -0.4 is 5.32 Å². The van der Waals surface area contributed by atoms with Crippen molar-refractivity contribution in [2.24, 2.45) is 0 Å². The molecule has 1 saturated heterocycles. The fraction of sp³-hybridized carbons (Fsp3) is 0.500. The van der Waals surface area contributed by atoms with Gasteiger partial charge in [-0.1, -0.05) is 0 Å². The standard InChI is InChI=1S/C16H20F3N3O3/c1-11(24)20-12-2-3-14(17)13(8-12)15(25)22-6-4-21(5-7-22)9-16(18,19)10-23/h2-3,8,23H,4-7,9-10H2,1H3,(H,20,24). The molecule has 0 saturated carbocycles. The summed E-state index contributed by atoms with van der Waals surface area (Å²) in [6, 6.07) is 3.70. The Hall–Kier alpha value is -2.13. The number of aliphatic hydroxyl groups excluding tert-OH is 1. The van der Waals surface area contributed by atoms with Crippen molar-refractivity contribution in [3.05, 3.63) is 29.6 Å². The molecule has 2 amide bonds. The first kappa shape index (κ1) is 19.2. The lowest BCUT2D eigenvalue weighted by Gasteiger charge is -2.36. The average Bonchev–Trinajstić information content (AvgIpc) is 2.56. The number of anilines is 1. The summed E-state index contributed by atoms with van der Waals surface area (Å²) in [6.45, 7) is 0.231. The highest BCUT2D eigenvalue weighted by Gasteiger charge is 2.33. The number of benzene rings is 1. The van der Waals surface area contributed by atoms with Crippen LogP contribution in [0.4, 0.5) is 18.9 Å². The molecule has 0 bridgehead atoms. The number of nitrogens with one attached hydrogen (secondary N) is 1. The van der Waals surface area contributed by atoms with Crippen LogP contribution in [0, 0.1) is 5.82 Å². The molecular weight excluding hydrogens is 339 g/mol. The fourth-order valence-corrected chi connectivity index (χ4v) is 2.63. The van der Waals surface area contributed by atoms with Crippen LogP contribution in [0.2, 0.25) is 0 Å². The van der Waals surface area contributed by atoms with Gasteiger partial charge >= 0.3 is 0 Å². The molecule has 0 spiro atoms. The van der Waals surface area contributed by atoms with Crippen LogP contribution in [0.1, 0.15) is 17.3 Å². The number of rotatable bonds is 5. The van der Waals surface area contributed by atoms with Crippen molar-refractivity contribution in [3.63, 3.8) is 0 Å². The van der Waals surface area contributed by atoms with Crippen LogP contribution in [0.5, 0.6) is 0 Å². The van der Waals surface area contributed by atoms with Gasteiger partial charge in [-0.15, -0.1) is 0 Å². The van der Waals surface area contributed by atoms with Gasteiger partial charge in [-0.3, -0.25) is 14.5 Å². The van der Waals surface area contributed by atoms with Gasteiger partial charge in [-0.2, -0.15) is 0 Å². The van der Waals surface area contributed by atoms with E-state index in [1.165, 1.54) is 28.9 Å². The SMILES string of the molecule is CC(=O)Nc1ccc(F)c(C(=O)N2CCN(CC(F)(F)CO)CC2)c1. The fourth-order valence-electron chi connectivity index (χ4n) is 2.63. The summed E-state index contributed by atoms with van der Waals surface area (Å²) in [5.41, 5.74) is 0.124. The first-order chi connectivity index (χ1) is 11.7. The summed E-state index contributed by atoms with van der Waals surface area (Å²) in [5.74, 6) is -4.81. The molecule has 0 aliphatic carbocycles. The summed E-state index contributed by atoms with van der Waals surface area (Å²) in [5, 5.41) is 11.1. The van der Waals surface area contributed by atoms with E-state index in [2.05, 4.69) is 5.32 Å². The third-order valence-electron chi connectivity index (χ3n) is 3.86. The predicted octanol–water partition coefficient (Wildman–Crippen LogP) is 1.17. The quantitative estimate of drug-likeness (QED) is 0.828. The summed E-state index contributed by atoms with van der Waals surface area (Å²) in [4.78, 5) is 26.4. The minimum absolute atomic E-state index is 0.171. The maximum atomic E-state index is 14.0. The molecule has 0 unspecified atom stereocenters. The second kappa shape index (κ2) is 7.83. The number of carbonyl (C=O) groups excluding carboxylic acids is 2. The molecule has 2 rings (SSSR count). The van der Waals surface area contributed by atoms with Crippen LogP contribution >= 0.6 is 0 Å². The molecule has 1 aliphatic heterocycles. The number of halogens is 3. The Morgan fingerprint density at radius 1 is 1.24 bits per heavy atom. The number of carbonyl (C=O) groups is 2. The third kappa shape index (κ3) is 5.17. The molecule has 25 heavy (non-hydrogen) atoms. The second-order valence-corrected chi connectivity index (χ2v) is 5.96. The van der Waals surface area contributed by atoms with Crippen molar-refractivity contribution in [1.82, 2.24) is 9.80 Å². The summed E-state index contributed by atoms with van der Waals surface area (Å²) < 4.78 is 40.4. The smallest absolute Gasteiger partial charge is 0.283 e. The normalized spacial score (nSPS) is 16.0. The maximum Gasteiger partial charge on any atom is 0.283 e. The molecule has 0 aromatic heterocycles. The number of piperazine rings is 1. The number of aliphatic hydroxyl groups is 1. The summed E-state index contributed by atoms with van der Waals surface area (Å²) >= 11 is 0. The van der Waals surface area contributed by atoms with Crippen LogP contribution in [-0.4, -0.2) is 72.0 Å². The second-order valence-electron chi connectivity index (χ2n) is 5.96. The zero-order valence-electron chi connectivity index (χ0n) is 13.8. The highest BCUT2D eigenvalue weighted by atomic mass is 19.3. The number of alkyl halides is 2. The Balaban J connectivity index is 2.02. The van der Waals surface area contributed by atoms with Crippen molar-refractivity contribution in [1.29, 1.82) is 0 Å². The van der Waals surface area contributed by atoms with Crippen molar-refractivity contribution < 1.29 is 27.9 Å². The summed E-state index contributed by atoms with van der Waals surface area (Å²) in [7, 11) is 0. The first-order valence-corrected chi connectivity index (χ1v) is 7.79. The molecule has 9 heteroatoms. The van der Waals surface area contributed by atoms with E-state index in [0.717, 1.165) is 6.07 Å². The van der Waals surface area contributed by atoms with E-state index in [1.807, 2.05) is 0 Å². The van der Waals surface area contributed by atoms with Crippen molar-refractivity contribution in [3.8, 4) is 0 Å². The first-order valence-electron chi connectivity index (χ1n) is 7.79. The largest absolute Gasteiger partial charge is 0.390 e. The van der Waals surface area contributed by atoms with Crippen molar-refractivity contribution >= 4 is 17.5 Å². The Bertz CT molecular complexity index is 647. The minimum atomic E-state index is -3.19. The molecule has 1 aromatic rings. The van der Waals surface area contributed by atoms with E-state index in [9.17, 15) is 22.8 Å². The third-order valence-corrected chi connectivity index (χ3v) is 3.86. The Morgan fingerprint density at radius 2 is 1.88 bits per heavy atom. The van der Waals surface area contributed by atoms with E-state index >= 15 is 0 Å². The van der Waals surface area contributed by atoms with E-state index in [0.29, 0.717) is 5.69 Å². The maximum absolute atomic E-state index is 14.0. The Kier molecular flexibility index (Phi) is 6.02. The van der Waals surface area contributed by atoms with Crippen LogP contribution in [0.15, 0.2) is 18.2 Å². The van der Waals surface area contributed by atoms with Gasteiger partial charge in [0, 0.05) is 38.8 Å². The lowest BCUT2D eigenvalue weighted by atomic mass is 10.1. The molecule has 0 atom stereocenters. The average molecular weight is 359 g/mol. The van der Waals surface area contributed by atoms with Gasteiger partial charge in [-0.05, 0) is 18.2 Å². The molecule has 0 radical (unpaired) electrons. The van der Waals surface area contributed by atoms with Gasteiger partial charge in [0.1, 0.15) is 12.4 Å². The Morgan fingerprint density at radius 3 is 2.44 bits per heavy atom. The van der Waals surface area contributed by atoms with Crippen LogP contribution in [0.25, 0.3) is 0 Å². The van der Waals surface area contributed by atoms with Gasteiger partial charge in [0.05, 0.1) is 12.1 Å². The lowest BCUT2D eigenvalue weighted by Crippen LogP contribution is -2.52. The van der Waals surface area contributed by atoms with Crippen LogP contribution in [0.3, 0.4) is 0 Å². The Labute approximate surface area is 143 Å². The number of hydrogen-bond acceptors (Lipinski definition) is 4. The van der Waals surface area contributed by atoms with E-state index in [-0.39, 0.29) is 37.6 Å². The highest BCUT2D eigenvalue weighted by Crippen LogP contribution is 2.19. The van der Waals surface area contributed by atoms with E-state index in [4.69, 9.17) is 5.11 Å². The molecular formula is C16H20F3N3O3. The zero-order chi connectivity index (χ0) is 18.6. The molecule has 1 aromatic carbocycles. The van der Waals surface area contributed by atoms with Crippen molar-refractivity contribution in [2.45, 2.75) is 12.8 Å². The predicted molar refractivity (Wildman–Crippen MR) is 85.1 cm³/mol. The van der Waals surface area contributed by atoms with Gasteiger partial charge in [0.2, 0.25) is 5.91 Å². The van der Waals surface area contributed by atoms with Gasteiger partial charge in [-0.25, -0.2) is 13.2 Å². The van der Waals surface area contributed by atoms with Gasteiger partial charge < -0.3 is 15.3 Å². The topological polar surface area (TPSA) is 72.9 Å². The molecule has 2 N–H and O–H groups in total. The molecule has 1 aliphatic rings. The number of nitrogens with zero attached hydrogens (tertiary/aromatic N) is 2. The molecule has 6 nitrogen and oxygen atoms in total. The number of amides is 2. The number of hydrogen-bond donors (Lipinski definition) is 2. The van der Waals surface area contributed by atoms with Gasteiger partial charge in [0.25, 0.3) is 11.8 Å². The molecule has 1 heterocycles. The zero-order valence-corrected chi connectivity index (χ0v) is 13.8. The molecule has 1 fully saturated rings. The lowest BCUT2D eigenvalue weighted by molar-refractivity contribution is -0.114. The minimum Gasteiger partial charge on any atom is -0.390 e. The monoisotopic (exact) mass is 359 g/mol. The van der Waals surface area contributed by atoms with E-state index in [1.54, 1.807) is 0 Å². The van der Waals surface area contributed by atoms with Crippen molar-refractivity contribution in [2.75, 3.05) is 44.6 Å². The van der Waals surface area contributed by atoms with E-state index < -0.39 is 30.8 Å². The van der Waals surface area contributed by atoms with Gasteiger partial charge in [0.15, 0.2) is 0 Å². The summed E-state index contributed by atoms with van der Waals surface area (Å²) in [6.07, 6.45) is 0. The molecule has 138 valence electrons.